The zero-order valence-corrected chi connectivity index (χ0v) is 19.5. The Labute approximate surface area is 187 Å². The molecule has 10 heteroatoms. The number of aromatic nitrogens is 2. The minimum Gasteiger partial charge on any atom is -0.612 e. The van der Waals surface area contributed by atoms with E-state index in [1.807, 2.05) is 43.2 Å². The van der Waals surface area contributed by atoms with Crippen LogP contribution in [0.25, 0.3) is 21.7 Å². The molecular formula is C21H24N4O4S2. The van der Waals surface area contributed by atoms with E-state index in [4.69, 9.17) is 14.1 Å². The molecule has 6 rings (SSSR count). The highest BCUT2D eigenvalue weighted by molar-refractivity contribution is 7.91. The molecule has 3 aliphatic heterocycles. The largest absolute Gasteiger partial charge is 0.612 e. The van der Waals surface area contributed by atoms with E-state index in [9.17, 15) is 9.35 Å². The molecule has 1 amide bonds. The molecule has 2 bridgehead atoms. The third-order valence-corrected chi connectivity index (χ3v) is 7.29. The van der Waals surface area contributed by atoms with Gasteiger partial charge < -0.3 is 18.6 Å². The van der Waals surface area contributed by atoms with E-state index in [-0.39, 0.29) is 18.2 Å². The summed E-state index contributed by atoms with van der Waals surface area (Å²) >= 11 is 0.321. The lowest BCUT2D eigenvalue weighted by atomic mass is 9.88. The first-order valence-corrected chi connectivity index (χ1v) is 12.6. The minimum absolute atomic E-state index is 0.0711. The van der Waals surface area contributed by atoms with Crippen molar-refractivity contribution in [3.05, 3.63) is 23.7 Å². The summed E-state index contributed by atoms with van der Waals surface area (Å²) in [6, 6.07) is 4.36. The number of amides is 1. The summed E-state index contributed by atoms with van der Waals surface area (Å²) < 4.78 is 24.0. The van der Waals surface area contributed by atoms with Gasteiger partial charge in [-0.25, -0.2) is 9.78 Å². The molecular weight excluding hydrogens is 436 g/mol. The van der Waals surface area contributed by atoms with Crippen molar-refractivity contribution >= 4 is 45.7 Å². The maximum atomic E-state index is 12.5. The number of carbonyl (C=O) groups excluding carboxylic acids is 1. The fraction of sp³-hybridized carbons (Fsp3) is 0.476. The number of oxazole rings is 1. The molecule has 0 saturated carbocycles. The zero-order valence-electron chi connectivity index (χ0n) is 17.8. The normalized spacial score (nSPS) is 21.8. The summed E-state index contributed by atoms with van der Waals surface area (Å²) in [5, 5.41) is 2.74. The van der Waals surface area contributed by atoms with Gasteiger partial charge in [0.05, 0.1) is 17.6 Å². The van der Waals surface area contributed by atoms with E-state index in [0.29, 0.717) is 35.1 Å². The number of ether oxygens (including phenoxy) is 1. The van der Waals surface area contributed by atoms with Crippen LogP contribution in [0.2, 0.25) is 0 Å². The highest BCUT2D eigenvalue weighted by atomic mass is 32.2. The molecule has 3 unspecified atom stereocenters. The van der Waals surface area contributed by atoms with E-state index in [0.717, 1.165) is 17.0 Å². The molecule has 0 radical (unpaired) electrons. The second-order valence-electron chi connectivity index (χ2n) is 8.91. The van der Waals surface area contributed by atoms with Crippen LogP contribution in [0.15, 0.2) is 33.0 Å². The highest BCUT2D eigenvalue weighted by Crippen LogP contribution is 2.39. The van der Waals surface area contributed by atoms with E-state index >= 15 is 0 Å². The van der Waals surface area contributed by atoms with Gasteiger partial charge in [0.1, 0.15) is 16.9 Å². The van der Waals surface area contributed by atoms with Crippen molar-refractivity contribution in [1.29, 1.82) is 0 Å². The van der Waals surface area contributed by atoms with Crippen molar-refractivity contribution in [3.8, 4) is 10.6 Å². The van der Waals surface area contributed by atoms with Crippen LogP contribution in [0.1, 0.15) is 27.2 Å². The highest BCUT2D eigenvalue weighted by Gasteiger charge is 2.49. The smallest absolute Gasteiger partial charge is 0.410 e. The molecule has 1 aromatic carbocycles. The third kappa shape index (κ3) is 3.66. The van der Waals surface area contributed by atoms with Crippen LogP contribution in [0, 0.1) is 0 Å². The quantitative estimate of drug-likeness (QED) is 0.547. The second-order valence-corrected chi connectivity index (χ2v) is 11.2. The van der Waals surface area contributed by atoms with Gasteiger partial charge >= 0.3 is 6.09 Å². The number of rotatable bonds is 3. The number of piperazine rings is 1. The van der Waals surface area contributed by atoms with E-state index in [1.165, 1.54) is 11.3 Å². The number of fused-ring (bicyclic) bond motifs is 3. The van der Waals surface area contributed by atoms with Gasteiger partial charge in [0.15, 0.2) is 16.0 Å². The number of hydrogen-bond acceptors (Lipinski definition) is 8. The summed E-state index contributed by atoms with van der Waals surface area (Å²) in [6.45, 7) is 6.88. The van der Waals surface area contributed by atoms with E-state index in [2.05, 4.69) is 9.88 Å². The summed E-state index contributed by atoms with van der Waals surface area (Å²) in [4.78, 5) is 26.2. The molecule has 0 spiro atoms. The minimum atomic E-state index is -1.20. The first-order valence-electron chi connectivity index (χ1n) is 10.1. The molecule has 3 aliphatic rings. The third-order valence-electron chi connectivity index (χ3n) is 5.54. The Balaban J connectivity index is 1.44. The molecule has 5 heterocycles. The topological polar surface area (TPSA) is 94.8 Å². The van der Waals surface area contributed by atoms with Gasteiger partial charge in [0.25, 0.3) is 6.01 Å². The lowest BCUT2D eigenvalue weighted by molar-refractivity contribution is -0.0386. The van der Waals surface area contributed by atoms with Gasteiger partial charge in [-0.05, 0) is 50.5 Å². The number of nitrogens with zero attached hydrogens (tertiary/aromatic N) is 4. The second kappa shape index (κ2) is 7.39. The van der Waals surface area contributed by atoms with Gasteiger partial charge in [0.2, 0.25) is 0 Å². The van der Waals surface area contributed by atoms with E-state index < -0.39 is 16.8 Å². The number of benzene rings is 1. The number of anilines is 1. The van der Waals surface area contributed by atoms with Crippen molar-refractivity contribution in [3.63, 3.8) is 0 Å². The van der Waals surface area contributed by atoms with Gasteiger partial charge in [-0.15, -0.1) is 11.3 Å². The Morgan fingerprint density at radius 1 is 1.32 bits per heavy atom. The van der Waals surface area contributed by atoms with Crippen LogP contribution in [0.5, 0.6) is 0 Å². The standard InChI is InChI=1S/C21H24N4O4S2/c1-21(2,3)29-20(26)25-12-9-13(25)11-24(10-12)19-23-16-15(31(4)27)6-5-14(17(16)28-19)18-22-7-8-30-18/h5-8,12-13H,9-11H2,1-4H3. The van der Waals surface area contributed by atoms with Crippen molar-refractivity contribution in [1.82, 2.24) is 14.9 Å². The molecule has 3 aromatic rings. The average molecular weight is 461 g/mol. The van der Waals surface area contributed by atoms with Gasteiger partial charge in [-0.1, -0.05) is 0 Å². The van der Waals surface area contributed by atoms with Crippen molar-refractivity contribution in [2.45, 2.75) is 49.8 Å². The van der Waals surface area contributed by atoms with Gasteiger partial charge in [-0.3, -0.25) is 4.90 Å². The fourth-order valence-electron chi connectivity index (χ4n) is 4.24. The predicted octanol–water partition coefficient (Wildman–Crippen LogP) is 3.89. The molecule has 31 heavy (non-hydrogen) atoms. The first kappa shape index (κ1) is 20.6. The van der Waals surface area contributed by atoms with Crippen LogP contribution >= 0.6 is 11.3 Å². The lowest BCUT2D eigenvalue weighted by Crippen LogP contribution is -2.70. The average Bonchev–Trinajstić information content (AvgIpc) is 3.35. The molecule has 3 fully saturated rings. The zero-order chi connectivity index (χ0) is 21.9. The van der Waals surface area contributed by atoms with Crippen LogP contribution in [0.4, 0.5) is 10.8 Å². The maximum Gasteiger partial charge on any atom is 0.410 e. The summed E-state index contributed by atoms with van der Waals surface area (Å²) in [6.07, 6.45) is 4.07. The molecule has 8 nitrogen and oxygen atoms in total. The van der Waals surface area contributed by atoms with Crippen LogP contribution < -0.4 is 4.90 Å². The van der Waals surface area contributed by atoms with Crippen molar-refractivity contribution in [2.24, 2.45) is 0 Å². The molecule has 0 N–H and O–H groups in total. The maximum absolute atomic E-state index is 12.5. The number of thiazole rings is 1. The van der Waals surface area contributed by atoms with Gasteiger partial charge in [-0.2, -0.15) is 4.98 Å². The molecule has 0 aliphatic carbocycles. The predicted molar refractivity (Wildman–Crippen MR) is 120 cm³/mol. The number of carbonyl (C=O) groups is 1. The van der Waals surface area contributed by atoms with Crippen molar-refractivity contribution < 1.29 is 18.5 Å². The van der Waals surface area contributed by atoms with Crippen LogP contribution in [-0.2, 0) is 15.9 Å². The van der Waals surface area contributed by atoms with Crippen LogP contribution in [0.3, 0.4) is 0 Å². The first-order chi connectivity index (χ1) is 14.7. The SMILES string of the molecule is C[S+]([O-])c1ccc(-c2nccs2)c2oc(N3CC4CC(C3)N4C(=O)OC(C)(C)C)nc12. The van der Waals surface area contributed by atoms with Crippen molar-refractivity contribution in [2.75, 3.05) is 24.2 Å². The number of hydrogen-bond donors (Lipinski definition) is 0. The molecule has 164 valence electrons. The Morgan fingerprint density at radius 3 is 2.68 bits per heavy atom. The van der Waals surface area contributed by atoms with Gasteiger partial charge in [0, 0.05) is 24.7 Å². The van der Waals surface area contributed by atoms with Crippen LogP contribution in [-0.4, -0.2) is 62.5 Å². The number of piperidine rings is 1. The molecule has 3 saturated heterocycles. The molecule has 3 atom stereocenters. The Hall–Kier alpha value is -2.30. The Kier molecular flexibility index (Phi) is 4.91. The fourth-order valence-corrected chi connectivity index (χ4v) is 5.57. The summed E-state index contributed by atoms with van der Waals surface area (Å²) in [5.41, 5.74) is 1.53. The Morgan fingerprint density at radius 2 is 2.06 bits per heavy atom. The summed E-state index contributed by atoms with van der Waals surface area (Å²) in [5.74, 6) is 0. The molecule has 2 aromatic heterocycles. The van der Waals surface area contributed by atoms with E-state index in [1.54, 1.807) is 12.5 Å². The lowest BCUT2D eigenvalue weighted by Gasteiger charge is -2.55. The Bertz CT molecular complexity index is 1110. The summed E-state index contributed by atoms with van der Waals surface area (Å²) in [7, 11) is 0. The monoisotopic (exact) mass is 460 g/mol.